The molecule has 106 valence electrons. The van der Waals surface area contributed by atoms with Crippen LogP contribution in [0.5, 0.6) is 5.88 Å². The lowest BCUT2D eigenvalue weighted by molar-refractivity contribution is 0.121. The number of ether oxygens (including phenoxy) is 1. The van der Waals surface area contributed by atoms with Crippen molar-refractivity contribution in [2.75, 3.05) is 20.2 Å². The lowest BCUT2D eigenvalue weighted by Crippen LogP contribution is -2.32. The van der Waals surface area contributed by atoms with E-state index in [9.17, 15) is 5.11 Å². The number of aromatic nitrogens is 1. The van der Waals surface area contributed by atoms with Crippen molar-refractivity contribution in [2.45, 2.75) is 39.3 Å². The van der Waals surface area contributed by atoms with Crippen molar-refractivity contribution in [1.82, 2.24) is 9.88 Å². The number of aliphatic hydroxyl groups excluding tert-OH is 1. The Balaban J connectivity index is 2.09. The summed E-state index contributed by atoms with van der Waals surface area (Å²) < 4.78 is 5.30. The van der Waals surface area contributed by atoms with E-state index in [1.165, 1.54) is 0 Å². The fourth-order valence-corrected chi connectivity index (χ4v) is 2.92. The highest BCUT2D eigenvalue weighted by Crippen LogP contribution is 2.29. The van der Waals surface area contributed by atoms with Crippen molar-refractivity contribution in [3.05, 3.63) is 23.9 Å². The minimum Gasteiger partial charge on any atom is -0.481 e. The quantitative estimate of drug-likeness (QED) is 0.908. The van der Waals surface area contributed by atoms with Gasteiger partial charge in [0.25, 0.3) is 0 Å². The Bertz CT molecular complexity index is 420. The Morgan fingerprint density at radius 1 is 1.53 bits per heavy atom. The standard InChI is InChI=1S/C15H24N2O2/c1-15(2)9-13(18)6-8-17(11-15)10-12-5-4-7-16-14(12)19-3/h4-5,7,13,18H,6,8-11H2,1-3H3/t13-/m0/s1. The van der Waals surface area contributed by atoms with Gasteiger partial charge in [0.2, 0.25) is 5.88 Å². The number of pyridine rings is 1. The third-order valence-corrected chi connectivity index (χ3v) is 3.66. The van der Waals surface area contributed by atoms with Crippen molar-refractivity contribution in [1.29, 1.82) is 0 Å². The van der Waals surface area contributed by atoms with E-state index in [-0.39, 0.29) is 11.5 Å². The van der Waals surface area contributed by atoms with Crippen LogP contribution >= 0.6 is 0 Å². The van der Waals surface area contributed by atoms with E-state index >= 15 is 0 Å². The zero-order valence-electron chi connectivity index (χ0n) is 12.1. The molecule has 0 radical (unpaired) electrons. The Morgan fingerprint density at radius 2 is 2.32 bits per heavy atom. The van der Waals surface area contributed by atoms with E-state index in [0.717, 1.165) is 38.0 Å². The summed E-state index contributed by atoms with van der Waals surface area (Å²) in [7, 11) is 1.65. The average Bonchev–Trinajstić information content (AvgIpc) is 2.47. The third kappa shape index (κ3) is 3.91. The molecule has 19 heavy (non-hydrogen) atoms. The maximum absolute atomic E-state index is 9.95. The van der Waals surface area contributed by atoms with Crippen LogP contribution in [-0.4, -0.2) is 41.3 Å². The van der Waals surface area contributed by atoms with E-state index in [1.54, 1.807) is 13.3 Å². The molecule has 2 heterocycles. The van der Waals surface area contributed by atoms with Gasteiger partial charge < -0.3 is 9.84 Å². The van der Waals surface area contributed by atoms with Gasteiger partial charge in [0, 0.05) is 31.4 Å². The number of likely N-dealkylation sites (tertiary alicyclic amines) is 1. The Kier molecular flexibility index (Phi) is 4.42. The molecule has 1 aromatic rings. The van der Waals surface area contributed by atoms with E-state index in [1.807, 2.05) is 6.07 Å². The summed E-state index contributed by atoms with van der Waals surface area (Å²) >= 11 is 0. The Labute approximate surface area is 115 Å². The molecule has 0 amide bonds. The molecule has 1 aliphatic heterocycles. The first-order chi connectivity index (χ1) is 9.00. The number of nitrogens with zero attached hydrogens (tertiary/aromatic N) is 2. The fourth-order valence-electron chi connectivity index (χ4n) is 2.92. The van der Waals surface area contributed by atoms with Crippen LogP contribution < -0.4 is 4.74 Å². The molecule has 1 aromatic heterocycles. The average molecular weight is 264 g/mol. The molecule has 0 spiro atoms. The van der Waals surface area contributed by atoms with E-state index in [2.05, 4.69) is 29.8 Å². The molecule has 0 unspecified atom stereocenters. The van der Waals surface area contributed by atoms with Crippen LogP contribution in [0.1, 0.15) is 32.3 Å². The van der Waals surface area contributed by atoms with E-state index in [4.69, 9.17) is 4.74 Å². The van der Waals surface area contributed by atoms with Gasteiger partial charge in [-0.2, -0.15) is 0 Å². The second-order valence-corrected chi connectivity index (χ2v) is 6.19. The van der Waals surface area contributed by atoms with Crippen molar-refractivity contribution in [3.8, 4) is 5.88 Å². The van der Waals surface area contributed by atoms with Crippen molar-refractivity contribution in [2.24, 2.45) is 5.41 Å². The monoisotopic (exact) mass is 264 g/mol. The minimum absolute atomic E-state index is 0.144. The van der Waals surface area contributed by atoms with Gasteiger partial charge in [0.05, 0.1) is 13.2 Å². The molecule has 1 N–H and O–H groups in total. The summed E-state index contributed by atoms with van der Waals surface area (Å²) in [5.74, 6) is 0.699. The minimum atomic E-state index is -0.184. The molecule has 4 nitrogen and oxygen atoms in total. The highest BCUT2D eigenvalue weighted by Gasteiger charge is 2.29. The van der Waals surface area contributed by atoms with Crippen LogP contribution in [0.25, 0.3) is 0 Å². The normalized spacial score (nSPS) is 23.9. The summed E-state index contributed by atoms with van der Waals surface area (Å²) in [6.45, 7) is 7.17. The van der Waals surface area contributed by atoms with Crippen LogP contribution in [0.2, 0.25) is 0 Å². The molecule has 1 aliphatic rings. The van der Waals surface area contributed by atoms with Gasteiger partial charge in [-0.1, -0.05) is 19.9 Å². The second kappa shape index (κ2) is 5.88. The highest BCUT2D eigenvalue weighted by atomic mass is 16.5. The van der Waals surface area contributed by atoms with Gasteiger partial charge in [0.1, 0.15) is 0 Å². The maximum atomic E-state index is 9.95. The lowest BCUT2D eigenvalue weighted by atomic mass is 9.87. The Morgan fingerprint density at radius 3 is 3.05 bits per heavy atom. The van der Waals surface area contributed by atoms with Crippen LogP contribution in [0.3, 0.4) is 0 Å². The zero-order valence-corrected chi connectivity index (χ0v) is 12.1. The molecule has 2 rings (SSSR count). The predicted octanol–water partition coefficient (Wildman–Crippen LogP) is 2.07. The number of hydrogen-bond donors (Lipinski definition) is 1. The number of hydrogen-bond acceptors (Lipinski definition) is 4. The van der Waals surface area contributed by atoms with Gasteiger partial charge in [-0.3, -0.25) is 4.90 Å². The number of rotatable bonds is 3. The first kappa shape index (κ1) is 14.3. The van der Waals surface area contributed by atoms with Gasteiger partial charge >= 0.3 is 0 Å². The zero-order chi connectivity index (χ0) is 13.9. The molecule has 1 atom stereocenters. The van der Waals surface area contributed by atoms with Crippen LogP contribution in [-0.2, 0) is 6.54 Å². The SMILES string of the molecule is COc1ncccc1CN1CC[C@H](O)CC(C)(C)C1. The predicted molar refractivity (Wildman–Crippen MR) is 75.1 cm³/mol. The maximum Gasteiger partial charge on any atom is 0.217 e. The largest absolute Gasteiger partial charge is 0.481 e. The van der Waals surface area contributed by atoms with Crippen LogP contribution in [0.4, 0.5) is 0 Å². The molecular weight excluding hydrogens is 240 g/mol. The van der Waals surface area contributed by atoms with Crippen molar-refractivity contribution in [3.63, 3.8) is 0 Å². The topological polar surface area (TPSA) is 45.6 Å². The fraction of sp³-hybridized carbons (Fsp3) is 0.667. The highest BCUT2D eigenvalue weighted by molar-refractivity contribution is 5.25. The van der Waals surface area contributed by atoms with Crippen molar-refractivity contribution >= 4 is 0 Å². The second-order valence-electron chi connectivity index (χ2n) is 6.19. The summed E-state index contributed by atoms with van der Waals surface area (Å²) in [6.07, 6.45) is 3.27. The molecule has 0 saturated carbocycles. The summed E-state index contributed by atoms with van der Waals surface area (Å²) in [6, 6.07) is 4.00. The molecule has 1 saturated heterocycles. The smallest absolute Gasteiger partial charge is 0.217 e. The van der Waals surface area contributed by atoms with Crippen LogP contribution in [0, 0.1) is 5.41 Å². The summed E-state index contributed by atoms with van der Waals surface area (Å²) in [5, 5.41) is 9.95. The Hall–Kier alpha value is -1.13. The summed E-state index contributed by atoms with van der Waals surface area (Å²) in [5.41, 5.74) is 1.25. The third-order valence-electron chi connectivity index (χ3n) is 3.66. The molecular formula is C15H24N2O2. The van der Waals surface area contributed by atoms with Gasteiger partial charge in [-0.05, 0) is 24.3 Å². The molecule has 4 heteroatoms. The molecule has 0 bridgehead atoms. The van der Waals surface area contributed by atoms with E-state index in [0.29, 0.717) is 5.88 Å². The lowest BCUT2D eigenvalue weighted by Gasteiger charge is -2.29. The van der Waals surface area contributed by atoms with Crippen molar-refractivity contribution < 1.29 is 9.84 Å². The first-order valence-corrected chi connectivity index (χ1v) is 6.88. The van der Waals surface area contributed by atoms with Crippen LogP contribution in [0.15, 0.2) is 18.3 Å². The van der Waals surface area contributed by atoms with Gasteiger partial charge in [-0.15, -0.1) is 0 Å². The molecule has 0 aromatic carbocycles. The van der Waals surface area contributed by atoms with Gasteiger partial charge in [0.15, 0.2) is 0 Å². The number of methoxy groups -OCH3 is 1. The van der Waals surface area contributed by atoms with E-state index < -0.39 is 0 Å². The van der Waals surface area contributed by atoms with Gasteiger partial charge in [-0.25, -0.2) is 4.98 Å². The number of aliphatic hydroxyl groups is 1. The first-order valence-electron chi connectivity index (χ1n) is 6.88. The molecule has 1 fully saturated rings. The summed E-state index contributed by atoms with van der Waals surface area (Å²) in [4.78, 5) is 6.62. The molecule has 0 aliphatic carbocycles.